The van der Waals surface area contributed by atoms with Crippen LogP contribution in [0, 0.1) is 5.92 Å². The van der Waals surface area contributed by atoms with Gasteiger partial charge in [0.2, 0.25) is 0 Å². The van der Waals surface area contributed by atoms with Gasteiger partial charge >= 0.3 is 0 Å². The number of benzene rings is 1. The monoisotopic (exact) mass is 246 g/mol. The third-order valence-corrected chi connectivity index (χ3v) is 7.12. The molecule has 0 fully saturated rings. The van der Waals surface area contributed by atoms with Crippen LogP contribution in [0.5, 0.6) is 0 Å². The number of hydrogen-bond acceptors (Lipinski definition) is 0. The van der Waals surface area contributed by atoms with Crippen LogP contribution in [0.4, 0.5) is 0 Å². The van der Waals surface area contributed by atoms with Gasteiger partial charge in [0.1, 0.15) is 0 Å². The van der Waals surface area contributed by atoms with E-state index in [2.05, 4.69) is 13.8 Å². The Morgan fingerprint density at radius 1 is 1.21 bits per heavy atom. The highest BCUT2D eigenvalue weighted by atomic mass is 35.7. The largest absolute Gasteiger partial charge is 0.281 e. The zero-order chi connectivity index (χ0) is 10.6. The third kappa shape index (κ3) is 3.30. The van der Waals surface area contributed by atoms with Crippen LogP contribution in [0.25, 0.3) is 0 Å². The van der Waals surface area contributed by atoms with E-state index in [9.17, 15) is 0 Å². The van der Waals surface area contributed by atoms with Gasteiger partial charge in [0.05, 0.1) is 0 Å². The molecule has 0 nitrogen and oxygen atoms in total. The van der Waals surface area contributed by atoms with E-state index in [-0.39, 0.29) is 0 Å². The molecule has 0 N–H and O–H groups in total. The Labute approximate surface area is 96.7 Å². The summed E-state index contributed by atoms with van der Waals surface area (Å²) in [5.74, 6) is 0.608. The summed E-state index contributed by atoms with van der Waals surface area (Å²) in [5, 5.41) is 1.13. The van der Waals surface area contributed by atoms with Gasteiger partial charge in [-0.25, -0.2) is 0 Å². The van der Waals surface area contributed by atoms with Gasteiger partial charge in [-0.05, 0) is 17.1 Å². The molecule has 0 saturated carbocycles. The maximum absolute atomic E-state index is 6.44. The second-order valence-corrected chi connectivity index (χ2v) is 10.6. The average molecular weight is 247 g/mol. The maximum atomic E-state index is 6.44. The molecular weight excluding hydrogens is 231 g/mol. The number of hydrogen-bond donors (Lipinski definition) is 0. The smallest absolute Gasteiger partial charge is 0.140 e. The average Bonchev–Trinajstić information content (AvgIpc) is 2.18. The lowest BCUT2D eigenvalue weighted by atomic mass is 10.2. The van der Waals surface area contributed by atoms with Crippen molar-refractivity contribution in [3.8, 4) is 0 Å². The molecule has 14 heavy (non-hydrogen) atoms. The Morgan fingerprint density at radius 3 is 2.29 bits per heavy atom. The molecule has 0 amide bonds. The minimum Gasteiger partial charge on any atom is -0.140 e. The second kappa shape index (κ2) is 5.20. The molecule has 0 spiro atoms. The fourth-order valence-electron chi connectivity index (χ4n) is 1.38. The topological polar surface area (TPSA) is 0 Å². The van der Waals surface area contributed by atoms with Crippen LogP contribution >= 0.6 is 22.2 Å². The molecule has 0 bridgehead atoms. The first-order valence-corrected chi connectivity index (χ1v) is 9.22. The molecule has 0 radical (unpaired) electrons. The van der Waals surface area contributed by atoms with E-state index in [1.54, 1.807) is 0 Å². The molecular formula is C11H16Cl2Si. The minimum atomic E-state index is -2.22. The van der Waals surface area contributed by atoms with Crippen molar-refractivity contribution in [2.75, 3.05) is 0 Å². The van der Waals surface area contributed by atoms with Crippen molar-refractivity contribution in [3.63, 3.8) is 0 Å². The summed E-state index contributed by atoms with van der Waals surface area (Å²) in [7, 11) is 0. The van der Waals surface area contributed by atoms with Crippen molar-refractivity contribution in [1.82, 2.24) is 0 Å². The third-order valence-electron chi connectivity index (χ3n) is 2.50. The summed E-state index contributed by atoms with van der Waals surface area (Å²) in [6.07, 6.45) is 1.14. The van der Waals surface area contributed by atoms with Crippen LogP contribution < -0.4 is 5.19 Å². The van der Waals surface area contributed by atoms with E-state index in [0.29, 0.717) is 5.92 Å². The molecule has 3 heteroatoms. The zero-order valence-corrected chi connectivity index (χ0v) is 11.1. The maximum Gasteiger partial charge on any atom is 0.281 e. The van der Waals surface area contributed by atoms with Crippen molar-refractivity contribution in [1.29, 1.82) is 0 Å². The Morgan fingerprint density at radius 2 is 1.79 bits per heavy atom. The van der Waals surface area contributed by atoms with Gasteiger partial charge < -0.3 is 0 Å². The Hall–Kier alpha value is 0.0169. The molecule has 1 rings (SSSR count). The molecule has 0 aromatic heterocycles. The summed E-state index contributed by atoms with van der Waals surface area (Å²) >= 11 is 12.9. The quantitative estimate of drug-likeness (QED) is 0.560. The lowest BCUT2D eigenvalue weighted by molar-refractivity contribution is 0.621. The normalized spacial score (nSPS) is 14.0. The first kappa shape index (κ1) is 12.1. The predicted octanol–water partition coefficient (Wildman–Crippen LogP) is 3.86. The van der Waals surface area contributed by atoms with Crippen LogP contribution in [-0.4, -0.2) is 6.69 Å². The van der Waals surface area contributed by atoms with Crippen LogP contribution in [-0.2, 0) is 0 Å². The Balaban J connectivity index is 2.75. The van der Waals surface area contributed by atoms with E-state index in [0.717, 1.165) is 17.7 Å². The fraction of sp³-hybridized carbons (Fsp3) is 0.455. The molecule has 1 aromatic carbocycles. The first-order valence-electron chi connectivity index (χ1n) is 4.99. The Kier molecular flexibility index (Phi) is 4.49. The lowest BCUT2D eigenvalue weighted by Crippen LogP contribution is -2.37. The first-order chi connectivity index (χ1) is 6.56. The van der Waals surface area contributed by atoms with Gasteiger partial charge in [0.25, 0.3) is 6.69 Å². The van der Waals surface area contributed by atoms with Crippen molar-refractivity contribution >= 4 is 34.0 Å². The summed E-state index contributed by atoms with van der Waals surface area (Å²) in [4.78, 5) is 0. The van der Waals surface area contributed by atoms with Crippen molar-refractivity contribution in [2.24, 2.45) is 5.92 Å². The highest BCUT2D eigenvalue weighted by molar-refractivity contribution is 7.51. The zero-order valence-electron chi connectivity index (χ0n) is 8.63. The fourth-order valence-corrected chi connectivity index (χ4v) is 5.80. The molecule has 0 aliphatic heterocycles. The van der Waals surface area contributed by atoms with Crippen LogP contribution in [0.3, 0.4) is 0 Å². The van der Waals surface area contributed by atoms with Gasteiger partial charge in [-0.3, -0.25) is 0 Å². The van der Waals surface area contributed by atoms with E-state index in [1.165, 1.54) is 0 Å². The molecule has 0 heterocycles. The van der Waals surface area contributed by atoms with Gasteiger partial charge in [-0.1, -0.05) is 50.6 Å². The number of halogens is 2. The van der Waals surface area contributed by atoms with Crippen molar-refractivity contribution in [2.45, 2.75) is 26.3 Å². The Bertz CT molecular complexity index is 272. The van der Waals surface area contributed by atoms with Gasteiger partial charge in [-0.15, -0.1) is 22.2 Å². The molecule has 0 aliphatic rings. The number of rotatable bonds is 4. The van der Waals surface area contributed by atoms with Crippen LogP contribution in [0.1, 0.15) is 20.3 Å². The second-order valence-electron chi connectivity index (χ2n) is 3.79. The van der Waals surface area contributed by atoms with Crippen LogP contribution in [0.15, 0.2) is 30.3 Å². The van der Waals surface area contributed by atoms with Crippen molar-refractivity contribution in [3.05, 3.63) is 30.3 Å². The van der Waals surface area contributed by atoms with Crippen LogP contribution in [0.2, 0.25) is 6.04 Å². The van der Waals surface area contributed by atoms with Gasteiger partial charge in [0, 0.05) is 0 Å². The molecule has 0 saturated heterocycles. The SMILES string of the molecule is CC[C@H](C)C[Si](Cl)(Cl)c1ccccc1. The van der Waals surface area contributed by atoms with E-state index < -0.39 is 6.69 Å². The van der Waals surface area contributed by atoms with E-state index in [1.807, 2.05) is 30.3 Å². The summed E-state index contributed by atoms with van der Waals surface area (Å²) < 4.78 is 0. The van der Waals surface area contributed by atoms with Gasteiger partial charge in [0.15, 0.2) is 0 Å². The predicted molar refractivity (Wildman–Crippen MR) is 67.8 cm³/mol. The highest BCUT2D eigenvalue weighted by Gasteiger charge is 2.32. The lowest BCUT2D eigenvalue weighted by Gasteiger charge is -2.20. The summed E-state index contributed by atoms with van der Waals surface area (Å²) in [6.45, 7) is 2.16. The minimum absolute atomic E-state index is 0.608. The summed E-state index contributed by atoms with van der Waals surface area (Å²) in [6, 6.07) is 11.0. The van der Waals surface area contributed by atoms with Crippen molar-refractivity contribution < 1.29 is 0 Å². The molecule has 0 unspecified atom stereocenters. The molecule has 0 aliphatic carbocycles. The standard InChI is InChI=1S/C11H16Cl2Si/c1-3-10(2)9-14(12,13)11-7-5-4-6-8-11/h4-8,10H,3,9H2,1-2H3/t10-/m0/s1. The molecule has 78 valence electrons. The summed E-state index contributed by atoms with van der Waals surface area (Å²) in [5.41, 5.74) is 0. The molecule has 1 aromatic rings. The van der Waals surface area contributed by atoms with E-state index in [4.69, 9.17) is 22.2 Å². The highest BCUT2D eigenvalue weighted by Crippen LogP contribution is 2.26. The van der Waals surface area contributed by atoms with E-state index >= 15 is 0 Å². The van der Waals surface area contributed by atoms with Gasteiger partial charge in [-0.2, -0.15) is 0 Å². The molecule has 1 atom stereocenters.